The zero-order valence-electron chi connectivity index (χ0n) is 13.9. The van der Waals surface area contributed by atoms with Gasteiger partial charge in [0, 0.05) is 10.9 Å². The summed E-state index contributed by atoms with van der Waals surface area (Å²) in [5, 5.41) is 20.9. The lowest BCUT2D eigenvalue weighted by atomic mass is 9.89. The van der Waals surface area contributed by atoms with Crippen LogP contribution in [0.15, 0.2) is 24.3 Å². The Morgan fingerprint density at radius 1 is 1.12 bits per heavy atom. The molecule has 25 heavy (non-hydrogen) atoms. The molecule has 130 valence electrons. The number of hydrogen-bond donors (Lipinski definition) is 3. The molecule has 6 heteroatoms. The summed E-state index contributed by atoms with van der Waals surface area (Å²) in [6.45, 7) is 3.51. The third-order valence-corrected chi connectivity index (χ3v) is 5.01. The summed E-state index contributed by atoms with van der Waals surface area (Å²) in [5.41, 5.74) is 2.70. The Morgan fingerprint density at radius 3 is 2.64 bits per heavy atom. The average molecular weight is 343 g/mol. The minimum absolute atomic E-state index is 0.0947. The maximum absolute atomic E-state index is 14.4. The molecule has 3 N–H and O–H groups in total. The van der Waals surface area contributed by atoms with Crippen molar-refractivity contribution < 1.29 is 13.9 Å². The number of halogens is 2. The van der Waals surface area contributed by atoms with E-state index in [1.54, 1.807) is 0 Å². The summed E-state index contributed by atoms with van der Waals surface area (Å²) in [7, 11) is 0. The fraction of sp³-hybridized carbons (Fsp3) is 0.316. The lowest BCUT2D eigenvalue weighted by Crippen LogP contribution is -2.26. The third kappa shape index (κ3) is 2.66. The number of fused-ring (bicyclic) bond motifs is 1. The normalized spacial score (nSPS) is 15.8. The van der Waals surface area contributed by atoms with Gasteiger partial charge in [-0.15, -0.1) is 0 Å². The van der Waals surface area contributed by atoms with Crippen LogP contribution in [-0.4, -0.2) is 28.4 Å². The molecule has 0 bridgehead atoms. The Kier molecular flexibility index (Phi) is 3.92. The Bertz CT molecular complexity index is 945. The van der Waals surface area contributed by atoms with E-state index in [-0.39, 0.29) is 11.1 Å². The van der Waals surface area contributed by atoms with E-state index in [1.165, 1.54) is 18.6 Å². The molecule has 0 saturated carbocycles. The number of hydrogen-bond acceptors (Lipinski definition) is 3. The summed E-state index contributed by atoms with van der Waals surface area (Å²) in [6, 6.07) is 7.39. The Balaban J connectivity index is 1.80. The Labute approximate surface area is 143 Å². The third-order valence-electron chi connectivity index (χ3n) is 5.01. The number of rotatable bonds is 2. The molecule has 0 aliphatic carbocycles. The van der Waals surface area contributed by atoms with Gasteiger partial charge in [-0.2, -0.15) is 5.10 Å². The first-order chi connectivity index (χ1) is 12.1. The van der Waals surface area contributed by atoms with Crippen molar-refractivity contribution in [2.45, 2.75) is 25.7 Å². The van der Waals surface area contributed by atoms with Gasteiger partial charge in [-0.05, 0) is 62.0 Å². The number of phenols is 1. The predicted octanol–water partition coefficient (Wildman–Crippen LogP) is 3.99. The molecule has 0 atom stereocenters. The van der Waals surface area contributed by atoms with E-state index in [0.29, 0.717) is 11.6 Å². The number of piperidine rings is 1. The molecule has 2 aromatic carbocycles. The molecule has 0 unspecified atom stereocenters. The standard InChI is InChI=1S/C19H19F2N3O/c1-10-8-14(17(21)19(25)16(10)20)18-13-3-2-12(9-15(13)23-24-18)11-4-6-22-7-5-11/h2-3,8-9,11,22,25H,4-7H2,1H3,(H,23,24). The fourth-order valence-electron chi connectivity index (χ4n) is 3.58. The highest BCUT2D eigenvalue weighted by Crippen LogP contribution is 2.36. The SMILES string of the molecule is Cc1cc(-c2n[nH]c3cc(C4CCNCC4)ccc23)c(F)c(O)c1F. The van der Waals surface area contributed by atoms with Crippen molar-refractivity contribution in [3.63, 3.8) is 0 Å². The first-order valence-electron chi connectivity index (χ1n) is 8.43. The van der Waals surface area contributed by atoms with Gasteiger partial charge in [0.2, 0.25) is 0 Å². The second-order valence-corrected chi connectivity index (χ2v) is 6.62. The van der Waals surface area contributed by atoms with Crippen molar-refractivity contribution in [2.24, 2.45) is 0 Å². The molecule has 1 saturated heterocycles. The number of benzene rings is 2. The van der Waals surface area contributed by atoms with E-state index >= 15 is 0 Å². The second kappa shape index (κ2) is 6.11. The van der Waals surface area contributed by atoms with E-state index in [9.17, 15) is 13.9 Å². The number of aryl methyl sites for hydroxylation is 1. The van der Waals surface area contributed by atoms with Crippen molar-refractivity contribution >= 4 is 10.9 Å². The highest BCUT2D eigenvalue weighted by molar-refractivity contribution is 5.93. The number of aromatic hydroxyl groups is 1. The molecule has 0 spiro atoms. The van der Waals surface area contributed by atoms with Crippen LogP contribution in [0.5, 0.6) is 5.75 Å². The van der Waals surface area contributed by atoms with Gasteiger partial charge in [0.05, 0.1) is 5.52 Å². The second-order valence-electron chi connectivity index (χ2n) is 6.62. The van der Waals surface area contributed by atoms with E-state index in [2.05, 4.69) is 21.6 Å². The summed E-state index contributed by atoms with van der Waals surface area (Å²) >= 11 is 0. The van der Waals surface area contributed by atoms with Crippen molar-refractivity contribution in [1.82, 2.24) is 15.5 Å². The average Bonchev–Trinajstić information content (AvgIpc) is 3.06. The van der Waals surface area contributed by atoms with Gasteiger partial charge < -0.3 is 10.4 Å². The largest absolute Gasteiger partial charge is 0.503 e. The molecule has 1 aliphatic rings. The van der Waals surface area contributed by atoms with Crippen LogP contribution >= 0.6 is 0 Å². The molecule has 4 nitrogen and oxygen atoms in total. The van der Waals surface area contributed by atoms with Crippen molar-refractivity contribution in [2.75, 3.05) is 13.1 Å². The quantitative estimate of drug-likeness (QED) is 0.659. The van der Waals surface area contributed by atoms with Gasteiger partial charge >= 0.3 is 0 Å². The molecular weight excluding hydrogens is 324 g/mol. The molecule has 3 aromatic rings. The molecular formula is C19H19F2N3O. The topological polar surface area (TPSA) is 60.9 Å². The lowest BCUT2D eigenvalue weighted by molar-refractivity contribution is 0.395. The minimum Gasteiger partial charge on any atom is -0.503 e. The molecule has 4 rings (SSSR count). The smallest absolute Gasteiger partial charge is 0.188 e. The van der Waals surface area contributed by atoms with Crippen LogP contribution in [0.4, 0.5) is 8.78 Å². The molecule has 2 heterocycles. The maximum Gasteiger partial charge on any atom is 0.188 e. The van der Waals surface area contributed by atoms with Crippen LogP contribution in [-0.2, 0) is 0 Å². The zero-order chi connectivity index (χ0) is 17.6. The summed E-state index contributed by atoms with van der Waals surface area (Å²) < 4.78 is 28.0. The van der Waals surface area contributed by atoms with E-state index < -0.39 is 17.4 Å². The van der Waals surface area contributed by atoms with Crippen molar-refractivity contribution in [3.8, 4) is 17.0 Å². The molecule has 1 fully saturated rings. The number of aromatic nitrogens is 2. The number of aromatic amines is 1. The summed E-state index contributed by atoms with van der Waals surface area (Å²) in [5.74, 6) is -2.38. The monoisotopic (exact) mass is 343 g/mol. The molecule has 0 radical (unpaired) electrons. The van der Waals surface area contributed by atoms with Crippen LogP contribution in [0, 0.1) is 18.6 Å². The highest BCUT2D eigenvalue weighted by Gasteiger charge is 2.21. The first-order valence-corrected chi connectivity index (χ1v) is 8.43. The molecule has 1 aromatic heterocycles. The van der Waals surface area contributed by atoms with Gasteiger partial charge in [-0.1, -0.05) is 12.1 Å². The predicted molar refractivity (Wildman–Crippen MR) is 92.7 cm³/mol. The Hall–Kier alpha value is -2.47. The van der Waals surface area contributed by atoms with Gasteiger partial charge in [-0.25, -0.2) is 8.78 Å². The van der Waals surface area contributed by atoms with Crippen LogP contribution < -0.4 is 5.32 Å². The van der Waals surface area contributed by atoms with Gasteiger partial charge in [0.1, 0.15) is 5.69 Å². The lowest BCUT2D eigenvalue weighted by Gasteiger charge is -2.22. The van der Waals surface area contributed by atoms with Gasteiger partial charge in [-0.3, -0.25) is 5.10 Å². The summed E-state index contributed by atoms with van der Waals surface area (Å²) in [4.78, 5) is 0. The van der Waals surface area contributed by atoms with Crippen LogP contribution in [0.25, 0.3) is 22.2 Å². The van der Waals surface area contributed by atoms with Crippen molar-refractivity contribution in [3.05, 3.63) is 47.0 Å². The van der Waals surface area contributed by atoms with E-state index in [4.69, 9.17) is 0 Å². The molecule has 0 amide bonds. The fourth-order valence-corrected chi connectivity index (χ4v) is 3.58. The van der Waals surface area contributed by atoms with Crippen LogP contribution in [0.3, 0.4) is 0 Å². The van der Waals surface area contributed by atoms with E-state index in [0.717, 1.165) is 36.8 Å². The van der Waals surface area contributed by atoms with Crippen LogP contribution in [0.1, 0.15) is 29.9 Å². The highest BCUT2D eigenvalue weighted by atomic mass is 19.1. The minimum atomic E-state index is -0.987. The zero-order valence-corrected chi connectivity index (χ0v) is 13.9. The van der Waals surface area contributed by atoms with E-state index in [1.807, 2.05) is 12.1 Å². The maximum atomic E-state index is 14.4. The van der Waals surface area contributed by atoms with Gasteiger partial charge in [0.25, 0.3) is 0 Å². The van der Waals surface area contributed by atoms with Gasteiger partial charge in [0.15, 0.2) is 17.4 Å². The molecule has 1 aliphatic heterocycles. The number of nitrogens with one attached hydrogen (secondary N) is 2. The van der Waals surface area contributed by atoms with Crippen LogP contribution in [0.2, 0.25) is 0 Å². The number of phenolic OH excluding ortho intramolecular Hbond substituents is 1. The Morgan fingerprint density at radius 2 is 1.88 bits per heavy atom. The summed E-state index contributed by atoms with van der Waals surface area (Å²) in [6.07, 6.45) is 2.18. The number of nitrogens with zero attached hydrogens (tertiary/aromatic N) is 1. The van der Waals surface area contributed by atoms with Crippen molar-refractivity contribution in [1.29, 1.82) is 0 Å². The first kappa shape index (κ1) is 16.0. The number of H-pyrrole nitrogens is 1.